The van der Waals surface area contributed by atoms with Crippen LogP contribution in [0.1, 0.15) is 11.4 Å². The van der Waals surface area contributed by atoms with E-state index in [-0.39, 0.29) is 5.75 Å². The van der Waals surface area contributed by atoms with Crippen molar-refractivity contribution in [2.24, 2.45) is 0 Å². The van der Waals surface area contributed by atoms with Gasteiger partial charge in [-0.1, -0.05) is 0 Å². The summed E-state index contributed by atoms with van der Waals surface area (Å²) in [5.41, 5.74) is 2.10. The van der Waals surface area contributed by atoms with Gasteiger partial charge in [-0.25, -0.2) is 8.42 Å². The number of aryl methyl sites for hydroxylation is 2. The van der Waals surface area contributed by atoms with E-state index in [4.69, 9.17) is 0 Å². The number of hydrogen-bond acceptors (Lipinski definition) is 4. The van der Waals surface area contributed by atoms with Crippen LogP contribution in [0.5, 0.6) is 0 Å². The van der Waals surface area contributed by atoms with Gasteiger partial charge >= 0.3 is 0 Å². The molecule has 0 aliphatic rings. The Morgan fingerprint density at radius 3 is 2.56 bits per heavy atom. The molecule has 90 valence electrons. The summed E-state index contributed by atoms with van der Waals surface area (Å²) in [6, 6.07) is 3.51. The summed E-state index contributed by atoms with van der Waals surface area (Å²) in [6.45, 7) is 4.07. The van der Waals surface area contributed by atoms with Gasteiger partial charge in [-0.3, -0.25) is 9.71 Å². The maximum Gasteiger partial charge on any atom is 0.234 e. The van der Waals surface area contributed by atoms with Crippen molar-refractivity contribution in [2.45, 2.75) is 13.8 Å². The minimum absolute atomic E-state index is 0.0524. The van der Waals surface area contributed by atoms with Crippen LogP contribution in [0.2, 0.25) is 0 Å². The van der Waals surface area contributed by atoms with Crippen molar-refractivity contribution >= 4 is 15.7 Å². The Hall–Kier alpha value is -1.14. The normalized spacial score (nSPS) is 11.4. The van der Waals surface area contributed by atoms with E-state index >= 15 is 0 Å². The minimum Gasteiger partial charge on any atom is -0.319 e. The fourth-order valence-electron chi connectivity index (χ4n) is 1.25. The van der Waals surface area contributed by atoms with Crippen molar-refractivity contribution in [3.05, 3.63) is 23.5 Å². The molecular formula is C10H17N3O2S. The van der Waals surface area contributed by atoms with Crippen molar-refractivity contribution in [2.75, 3.05) is 24.1 Å². The zero-order valence-corrected chi connectivity index (χ0v) is 10.6. The third kappa shape index (κ3) is 3.79. The fourth-order valence-corrected chi connectivity index (χ4v) is 2.38. The molecule has 0 unspecified atom stereocenters. The lowest BCUT2D eigenvalue weighted by Gasteiger charge is -2.10. The van der Waals surface area contributed by atoms with Gasteiger partial charge in [0.05, 0.1) is 17.1 Å². The molecule has 0 bridgehead atoms. The highest BCUT2D eigenvalue weighted by molar-refractivity contribution is 7.92. The van der Waals surface area contributed by atoms with Crippen LogP contribution >= 0.6 is 0 Å². The monoisotopic (exact) mass is 243 g/mol. The van der Waals surface area contributed by atoms with Gasteiger partial charge in [-0.15, -0.1) is 0 Å². The molecule has 0 aliphatic heterocycles. The topological polar surface area (TPSA) is 71.1 Å². The highest BCUT2D eigenvalue weighted by Crippen LogP contribution is 2.14. The molecule has 0 radical (unpaired) electrons. The lowest BCUT2D eigenvalue weighted by molar-refractivity contribution is 0.598. The molecular weight excluding hydrogens is 226 g/mol. The first kappa shape index (κ1) is 12.9. The van der Waals surface area contributed by atoms with Gasteiger partial charge in [0, 0.05) is 12.2 Å². The van der Waals surface area contributed by atoms with E-state index in [0.29, 0.717) is 17.9 Å². The Kier molecular flexibility index (Phi) is 4.26. The quantitative estimate of drug-likeness (QED) is 0.797. The Morgan fingerprint density at radius 1 is 1.31 bits per heavy atom. The molecule has 0 fully saturated rings. The second-order valence-corrected chi connectivity index (χ2v) is 5.45. The first-order chi connectivity index (χ1) is 7.44. The van der Waals surface area contributed by atoms with Crippen LogP contribution in [0.3, 0.4) is 0 Å². The molecule has 6 heteroatoms. The molecule has 2 N–H and O–H groups in total. The van der Waals surface area contributed by atoms with E-state index in [0.717, 1.165) is 5.69 Å². The molecule has 1 aromatic heterocycles. The molecule has 0 aromatic carbocycles. The first-order valence-electron chi connectivity index (χ1n) is 5.04. The predicted octanol–water partition coefficient (Wildman–Crippen LogP) is 0.660. The van der Waals surface area contributed by atoms with Gasteiger partial charge in [0.2, 0.25) is 10.0 Å². The Bertz CT molecular complexity index is 457. The SMILES string of the molecule is CNCCS(=O)(=O)Nc1ccc(C)nc1C. The van der Waals surface area contributed by atoms with Crippen LogP contribution in [0.15, 0.2) is 12.1 Å². The summed E-state index contributed by atoms with van der Waals surface area (Å²) in [5, 5.41) is 2.80. The summed E-state index contributed by atoms with van der Waals surface area (Å²) in [5.74, 6) is 0.0524. The van der Waals surface area contributed by atoms with Crippen molar-refractivity contribution in [1.82, 2.24) is 10.3 Å². The second-order valence-electron chi connectivity index (χ2n) is 3.61. The number of nitrogens with one attached hydrogen (secondary N) is 2. The Balaban J connectivity index is 2.80. The largest absolute Gasteiger partial charge is 0.319 e. The van der Waals surface area contributed by atoms with E-state index in [2.05, 4.69) is 15.0 Å². The van der Waals surface area contributed by atoms with Crippen molar-refractivity contribution in [1.29, 1.82) is 0 Å². The van der Waals surface area contributed by atoms with Gasteiger partial charge in [-0.2, -0.15) is 0 Å². The van der Waals surface area contributed by atoms with Crippen molar-refractivity contribution in [3.8, 4) is 0 Å². The third-order valence-corrected chi connectivity index (χ3v) is 3.38. The van der Waals surface area contributed by atoms with Gasteiger partial charge in [0.1, 0.15) is 0 Å². The smallest absolute Gasteiger partial charge is 0.234 e. The van der Waals surface area contributed by atoms with E-state index in [1.165, 1.54) is 0 Å². The average Bonchev–Trinajstić information content (AvgIpc) is 2.19. The molecule has 0 amide bonds. The molecule has 0 saturated heterocycles. The Labute approximate surface area is 96.3 Å². The number of pyridine rings is 1. The molecule has 1 rings (SSSR count). The molecule has 0 atom stereocenters. The number of sulfonamides is 1. The lowest BCUT2D eigenvalue weighted by atomic mass is 10.3. The van der Waals surface area contributed by atoms with Gasteiger partial charge in [0.25, 0.3) is 0 Å². The predicted molar refractivity (Wildman–Crippen MR) is 65.0 cm³/mol. The third-order valence-electron chi connectivity index (χ3n) is 2.11. The van der Waals surface area contributed by atoms with Crippen LogP contribution in [-0.2, 0) is 10.0 Å². The summed E-state index contributed by atoms with van der Waals surface area (Å²) in [4.78, 5) is 4.20. The number of anilines is 1. The maximum atomic E-state index is 11.6. The molecule has 0 saturated carbocycles. The van der Waals surface area contributed by atoms with Crippen LogP contribution in [0, 0.1) is 13.8 Å². The molecule has 16 heavy (non-hydrogen) atoms. The lowest BCUT2D eigenvalue weighted by Crippen LogP contribution is -2.24. The summed E-state index contributed by atoms with van der Waals surface area (Å²) in [6.07, 6.45) is 0. The number of rotatable bonds is 5. The van der Waals surface area contributed by atoms with Gasteiger partial charge in [-0.05, 0) is 33.0 Å². The van der Waals surface area contributed by atoms with Crippen LogP contribution < -0.4 is 10.0 Å². The summed E-state index contributed by atoms with van der Waals surface area (Å²) in [7, 11) is -1.57. The summed E-state index contributed by atoms with van der Waals surface area (Å²) < 4.78 is 25.8. The van der Waals surface area contributed by atoms with Crippen molar-refractivity contribution < 1.29 is 8.42 Å². The first-order valence-corrected chi connectivity index (χ1v) is 6.69. The Morgan fingerprint density at radius 2 is 2.00 bits per heavy atom. The zero-order valence-electron chi connectivity index (χ0n) is 9.74. The molecule has 5 nitrogen and oxygen atoms in total. The minimum atomic E-state index is -3.28. The van der Waals surface area contributed by atoms with E-state index in [9.17, 15) is 8.42 Å². The zero-order chi connectivity index (χ0) is 12.2. The highest BCUT2D eigenvalue weighted by Gasteiger charge is 2.11. The average molecular weight is 243 g/mol. The summed E-state index contributed by atoms with van der Waals surface area (Å²) >= 11 is 0. The van der Waals surface area contributed by atoms with E-state index in [1.54, 1.807) is 26.1 Å². The standard InChI is InChI=1S/C10H17N3O2S/c1-8-4-5-10(9(2)12-8)13-16(14,15)7-6-11-3/h4-5,11,13H,6-7H2,1-3H3. The number of aromatic nitrogens is 1. The van der Waals surface area contributed by atoms with Crippen molar-refractivity contribution in [3.63, 3.8) is 0 Å². The molecule has 1 aromatic rings. The van der Waals surface area contributed by atoms with Crippen LogP contribution in [0.4, 0.5) is 5.69 Å². The fraction of sp³-hybridized carbons (Fsp3) is 0.500. The van der Waals surface area contributed by atoms with E-state index < -0.39 is 10.0 Å². The maximum absolute atomic E-state index is 11.6. The molecule has 0 aliphatic carbocycles. The van der Waals surface area contributed by atoms with E-state index in [1.807, 2.05) is 6.92 Å². The highest BCUT2D eigenvalue weighted by atomic mass is 32.2. The van der Waals surface area contributed by atoms with Gasteiger partial charge in [0.15, 0.2) is 0 Å². The number of nitrogens with zero attached hydrogens (tertiary/aromatic N) is 1. The number of hydrogen-bond donors (Lipinski definition) is 2. The molecule has 1 heterocycles. The molecule has 0 spiro atoms. The van der Waals surface area contributed by atoms with Crippen LogP contribution in [-0.4, -0.2) is 32.7 Å². The van der Waals surface area contributed by atoms with Gasteiger partial charge < -0.3 is 5.32 Å². The second kappa shape index (κ2) is 5.27. The van der Waals surface area contributed by atoms with Crippen LogP contribution in [0.25, 0.3) is 0 Å².